The second kappa shape index (κ2) is 4.71. The highest BCUT2D eigenvalue weighted by Gasteiger charge is 2.01. The summed E-state index contributed by atoms with van der Waals surface area (Å²) in [7, 11) is 0. The molecule has 2 rings (SSSR count). The van der Waals surface area contributed by atoms with E-state index in [9.17, 15) is 0 Å². The van der Waals surface area contributed by atoms with E-state index in [1.165, 1.54) is 11.8 Å². The molecule has 0 aromatic carbocycles. The van der Waals surface area contributed by atoms with Crippen LogP contribution in [0.15, 0.2) is 46.8 Å². The highest BCUT2D eigenvalue weighted by molar-refractivity contribution is 7.99. The quantitative estimate of drug-likeness (QED) is 0.472. The Morgan fingerprint density at radius 1 is 1.19 bits per heavy atom. The molecule has 0 spiro atoms. The van der Waals surface area contributed by atoms with E-state index in [4.69, 9.17) is 11.1 Å². The van der Waals surface area contributed by atoms with E-state index in [2.05, 4.69) is 15.0 Å². The fourth-order valence-electron chi connectivity index (χ4n) is 1.04. The van der Waals surface area contributed by atoms with Crippen molar-refractivity contribution in [2.75, 3.05) is 0 Å². The fourth-order valence-corrected chi connectivity index (χ4v) is 1.72. The van der Waals surface area contributed by atoms with Crippen molar-refractivity contribution in [2.45, 2.75) is 10.1 Å². The molecule has 0 aliphatic rings. The summed E-state index contributed by atoms with van der Waals surface area (Å²) in [5, 5.41) is 7.88. The zero-order valence-corrected chi connectivity index (χ0v) is 9.11. The Kier molecular flexibility index (Phi) is 3.11. The van der Waals surface area contributed by atoms with Gasteiger partial charge in [-0.3, -0.25) is 10.4 Å². The summed E-state index contributed by atoms with van der Waals surface area (Å²) in [6, 6.07) is 5.31. The predicted octanol–water partition coefficient (Wildman–Crippen LogP) is 1.31. The third-order valence-electron chi connectivity index (χ3n) is 1.76. The van der Waals surface area contributed by atoms with Gasteiger partial charge < -0.3 is 5.73 Å². The van der Waals surface area contributed by atoms with E-state index in [1.807, 2.05) is 6.07 Å². The summed E-state index contributed by atoms with van der Waals surface area (Å²) in [6.45, 7) is 0. The van der Waals surface area contributed by atoms with Crippen LogP contribution in [0.4, 0.5) is 0 Å². The zero-order valence-electron chi connectivity index (χ0n) is 8.29. The van der Waals surface area contributed by atoms with E-state index >= 15 is 0 Å². The van der Waals surface area contributed by atoms with Crippen LogP contribution in [0.3, 0.4) is 0 Å². The number of pyridine rings is 1. The van der Waals surface area contributed by atoms with Gasteiger partial charge in [0.05, 0.1) is 0 Å². The van der Waals surface area contributed by atoms with Crippen LogP contribution in [0.5, 0.6) is 0 Å². The summed E-state index contributed by atoms with van der Waals surface area (Å²) in [6.07, 6.45) is 5.02. The molecule has 2 aromatic rings. The molecule has 5 nitrogen and oxygen atoms in total. The maximum absolute atomic E-state index is 7.21. The van der Waals surface area contributed by atoms with Crippen molar-refractivity contribution in [3.63, 3.8) is 0 Å². The Morgan fingerprint density at radius 2 is 1.94 bits per heavy atom. The molecule has 0 radical (unpaired) electrons. The van der Waals surface area contributed by atoms with E-state index in [0.717, 1.165) is 4.90 Å². The van der Waals surface area contributed by atoms with Crippen molar-refractivity contribution < 1.29 is 0 Å². The molecule has 0 unspecified atom stereocenters. The van der Waals surface area contributed by atoms with Gasteiger partial charge in [-0.2, -0.15) is 0 Å². The third-order valence-corrected chi connectivity index (χ3v) is 2.63. The van der Waals surface area contributed by atoms with E-state index < -0.39 is 0 Å². The number of aromatic nitrogens is 3. The van der Waals surface area contributed by atoms with Gasteiger partial charge in [0.1, 0.15) is 11.5 Å². The second-order valence-electron chi connectivity index (χ2n) is 2.93. The molecule has 6 heteroatoms. The molecular weight excluding hydrogens is 222 g/mol. The highest BCUT2D eigenvalue weighted by Crippen LogP contribution is 2.22. The summed E-state index contributed by atoms with van der Waals surface area (Å²) < 4.78 is 0. The number of nitrogens with zero attached hydrogens (tertiary/aromatic N) is 3. The minimum atomic E-state index is -0.0347. The molecule has 80 valence electrons. The molecule has 2 aromatic heterocycles. The van der Waals surface area contributed by atoms with Gasteiger partial charge in [0, 0.05) is 23.5 Å². The average molecular weight is 231 g/mol. The summed E-state index contributed by atoms with van der Waals surface area (Å²) in [4.78, 5) is 13.1. The van der Waals surface area contributed by atoms with Crippen LogP contribution in [0.2, 0.25) is 0 Å². The maximum Gasteiger partial charge on any atom is 0.192 e. The summed E-state index contributed by atoms with van der Waals surface area (Å²) in [5.74, 6) is -0.0347. The van der Waals surface area contributed by atoms with E-state index in [0.29, 0.717) is 10.9 Å². The fraction of sp³-hybridized carbons (Fsp3) is 0. The number of nitrogen functional groups attached to an aromatic ring is 1. The number of hydrogen-bond acceptors (Lipinski definition) is 5. The first-order valence-corrected chi connectivity index (χ1v) is 5.32. The third kappa shape index (κ3) is 2.54. The molecule has 0 saturated carbocycles. The molecule has 0 bridgehead atoms. The summed E-state index contributed by atoms with van der Waals surface area (Å²) >= 11 is 1.41. The SMILES string of the molecule is N=C(N)c1ccc(Sc2ncccn2)cn1. The van der Waals surface area contributed by atoms with Gasteiger partial charge in [-0.1, -0.05) is 0 Å². The van der Waals surface area contributed by atoms with Gasteiger partial charge in [-0.15, -0.1) is 0 Å². The van der Waals surface area contributed by atoms with Gasteiger partial charge in [0.15, 0.2) is 5.16 Å². The van der Waals surface area contributed by atoms with Crippen LogP contribution in [-0.2, 0) is 0 Å². The lowest BCUT2D eigenvalue weighted by atomic mass is 10.3. The Hall–Kier alpha value is -1.95. The second-order valence-corrected chi connectivity index (χ2v) is 3.97. The zero-order chi connectivity index (χ0) is 11.4. The number of amidine groups is 1. The molecule has 3 N–H and O–H groups in total. The normalized spacial score (nSPS) is 10.0. The molecule has 0 amide bonds. The van der Waals surface area contributed by atoms with Crippen LogP contribution in [0, 0.1) is 5.41 Å². The first-order chi connectivity index (χ1) is 7.75. The Bertz CT molecular complexity index is 482. The monoisotopic (exact) mass is 231 g/mol. The minimum Gasteiger partial charge on any atom is -0.382 e. The van der Waals surface area contributed by atoms with E-state index in [1.54, 1.807) is 30.7 Å². The van der Waals surface area contributed by atoms with Gasteiger partial charge in [-0.25, -0.2) is 9.97 Å². The molecule has 16 heavy (non-hydrogen) atoms. The molecule has 0 saturated heterocycles. The molecular formula is C10H9N5S. The molecule has 0 atom stereocenters. The topological polar surface area (TPSA) is 88.5 Å². The number of rotatable bonds is 3. The highest BCUT2D eigenvalue weighted by atomic mass is 32.2. The van der Waals surface area contributed by atoms with Crippen molar-refractivity contribution in [2.24, 2.45) is 5.73 Å². The standard InChI is InChI=1S/C10H9N5S/c11-9(12)8-3-2-7(6-15-8)16-10-13-4-1-5-14-10/h1-6H,(H3,11,12). The average Bonchev–Trinajstić information content (AvgIpc) is 2.31. The van der Waals surface area contributed by atoms with Crippen molar-refractivity contribution >= 4 is 17.6 Å². The van der Waals surface area contributed by atoms with Crippen molar-refractivity contribution in [1.29, 1.82) is 5.41 Å². The van der Waals surface area contributed by atoms with Crippen LogP contribution in [0.25, 0.3) is 0 Å². The first-order valence-electron chi connectivity index (χ1n) is 4.51. The van der Waals surface area contributed by atoms with Crippen LogP contribution >= 0.6 is 11.8 Å². The van der Waals surface area contributed by atoms with Gasteiger partial charge in [-0.05, 0) is 30.0 Å². The Labute approximate surface area is 96.7 Å². The van der Waals surface area contributed by atoms with Crippen molar-refractivity contribution in [3.8, 4) is 0 Å². The molecule has 0 fully saturated rings. The Balaban J connectivity index is 2.14. The van der Waals surface area contributed by atoms with Crippen LogP contribution < -0.4 is 5.73 Å². The van der Waals surface area contributed by atoms with Gasteiger partial charge in [0.25, 0.3) is 0 Å². The smallest absolute Gasteiger partial charge is 0.192 e. The minimum absolute atomic E-state index is 0.0347. The Morgan fingerprint density at radius 3 is 2.50 bits per heavy atom. The number of nitrogens with one attached hydrogen (secondary N) is 1. The maximum atomic E-state index is 7.21. The van der Waals surface area contributed by atoms with Gasteiger partial charge in [0.2, 0.25) is 0 Å². The number of hydrogen-bond donors (Lipinski definition) is 2. The molecule has 0 aliphatic heterocycles. The lowest BCUT2D eigenvalue weighted by Crippen LogP contribution is -2.12. The lowest BCUT2D eigenvalue weighted by molar-refractivity contribution is 0.966. The summed E-state index contributed by atoms with van der Waals surface area (Å²) in [5.41, 5.74) is 5.78. The largest absolute Gasteiger partial charge is 0.382 e. The van der Waals surface area contributed by atoms with Crippen molar-refractivity contribution in [3.05, 3.63) is 42.5 Å². The lowest BCUT2D eigenvalue weighted by Gasteiger charge is -2.00. The first kappa shape index (κ1) is 10.6. The van der Waals surface area contributed by atoms with Crippen LogP contribution in [0.1, 0.15) is 5.69 Å². The predicted molar refractivity (Wildman–Crippen MR) is 61.4 cm³/mol. The number of nitrogens with two attached hydrogens (primary N) is 1. The van der Waals surface area contributed by atoms with Crippen molar-refractivity contribution in [1.82, 2.24) is 15.0 Å². The molecule has 2 heterocycles. The molecule has 0 aliphatic carbocycles. The van der Waals surface area contributed by atoms with Crippen LogP contribution in [-0.4, -0.2) is 20.8 Å². The van der Waals surface area contributed by atoms with E-state index in [-0.39, 0.29) is 5.84 Å². The van der Waals surface area contributed by atoms with Gasteiger partial charge >= 0.3 is 0 Å².